The predicted molar refractivity (Wildman–Crippen MR) is 71.3 cm³/mol. The van der Waals surface area contributed by atoms with Crippen molar-refractivity contribution < 1.29 is 4.74 Å². The molecule has 0 spiro atoms. The minimum absolute atomic E-state index is 0.922. The number of ether oxygens (including phenoxy) is 1. The summed E-state index contributed by atoms with van der Waals surface area (Å²) in [6, 6.07) is 10.5. The molecule has 0 fully saturated rings. The number of rotatable bonds is 1. The zero-order valence-electron chi connectivity index (χ0n) is 10.8. The van der Waals surface area contributed by atoms with Crippen molar-refractivity contribution in [3.63, 3.8) is 0 Å². The van der Waals surface area contributed by atoms with Crippen molar-refractivity contribution in [3.05, 3.63) is 41.5 Å². The molecule has 0 aliphatic carbocycles. The van der Waals surface area contributed by atoms with E-state index in [1.807, 2.05) is 19.9 Å². The average Bonchev–Trinajstić information content (AvgIpc) is 2.36. The van der Waals surface area contributed by atoms with Crippen molar-refractivity contribution in [2.24, 2.45) is 0 Å². The summed E-state index contributed by atoms with van der Waals surface area (Å²) in [6.07, 6.45) is 0. The van der Waals surface area contributed by atoms with E-state index in [1.54, 1.807) is 7.11 Å². The summed E-state index contributed by atoms with van der Waals surface area (Å²) in [5, 5.41) is 2.55. The van der Waals surface area contributed by atoms with Crippen LogP contribution >= 0.6 is 0 Å². The van der Waals surface area contributed by atoms with Crippen LogP contribution in [0, 0.1) is 13.8 Å². The number of hydrogen-bond acceptors (Lipinski definition) is 1. The third-order valence-electron chi connectivity index (χ3n) is 2.77. The standard InChI is InChI=1S/C13H14O.C2H6/c1-9-4-5-11-6-7-12(14-3)8-13(11)10(9)2;1-2/h4-8H,1-3H3;1-2H3. The quantitative estimate of drug-likeness (QED) is 0.682. The summed E-state index contributed by atoms with van der Waals surface area (Å²) < 4.78 is 5.22. The molecule has 1 nitrogen and oxygen atoms in total. The third-order valence-corrected chi connectivity index (χ3v) is 2.77. The lowest BCUT2D eigenvalue weighted by Gasteiger charge is -2.07. The summed E-state index contributed by atoms with van der Waals surface area (Å²) in [4.78, 5) is 0. The molecule has 0 atom stereocenters. The first kappa shape index (κ1) is 12.6. The Morgan fingerprint density at radius 3 is 2.19 bits per heavy atom. The second-order valence-electron chi connectivity index (χ2n) is 3.59. The molecule has 0 unspecified atom stereocenters. The Hall–Kier alpha value is -1.50. The first-order valence-electron chi connectivity index (χ1n) is 5.76. The van der Waals surface area contributed by atoms with E-state index in [-0.39, 0.29) is 0 Å². The maximum Gasteiger partial charge on any atom is 0.119 e. The lowest BCUT2D eigenvalue weighted by atomic mass is 10.0. The van der Waals surface area contributed by atoms with E-state index < -0.39 is 0 Å². The summed E-state index contributed by atoms with van der Waals surface area (Å²) in [7, 11) is 1.70. The van der Waals surface area contributed by atoms with Gasteiger partial charge in [-0.15, -0.1) is 0 Å². The molecule has 0 aromatic heterocycles. The topological polar surface area (TPSA) is 9.23 Å². The fourth-order valence-corrected chi connectivity index (χ4v) is 1.68. The lowest BCUT2D eigenvalue weighted by Crippen LogP contribution is -1.86. The van der Waals surface area contributed by atoms with Gasteiger partial charge < -0.3 is 4.74 Å². The smallest absolute Gasteiger partial charge is 0.119 e. The number of hydrogen-bond donors (Lipinski definition) is 0. The summed E-state index contributed by atoms with van der Waals surface area (Å²) in [5.74, 6) is 0.922. The lowest BCUT2D eigenvalue weighted by molar-refractivity contribution is 0.415. The number of aryl methyl sites for hydroxylation is 2. The first-order valence-corrected chi connectivity index (χ1v) is 5.76. The molecule has 0 bridgehead atoms. The van der Waals surface area contributed by atoms with Gasteiger partial charge in [-0.1, -0.05) is 32.0 Å². The van der Waals surface area contributed by atoms with Crippen LogP contribution in [0.4, 0.5) is 0 Å². The van der Waals surface area contributed by atoms with Gasteiger partial charge in [-0.25, -0.2) is 0 Å². The maximum atomic E-state index is 5.22. The zero-order valence-corrected chi connectivity index (χ0v) is 10.8. The Kier molecular flexibility index (Phi) is 4.36. The van der Waals surface area contributed by atoms with Crippen LogP contribution in [0.25, 0.3) is 10.8 Å². The van der Waals surface area contributed by atoms with Crippen molar-refractivity contribution in [3.8, 4) is 5.75 Å². The largest absolute Gasteiger partial charge is 0.497 e. The molecule has 0 heterocycles. The summed E-state index contributed by atoms with van der Waals surface area (Å²) >= 11 is 0. The van der Waals surface area contributed by atoms with E-state index in [4.69, 9.17) is 4.74 Å². The Labute approximate surface area is 98.1 Å². The van der Waals surface area contributed by atoms with Gasteiger partial charge in [-0.05, 0) is 47.9 Å². The number of methoxy groups -OCH3 is 1. The van der Waals surface area contributed by atoms with Gasteiger partial charge in [0, 0.05) is 0 Å². The summed E-state index contributed by atoms with van der Waals surface area (Å²) in [5.41, 5.74) is 2.66. The fraction of sp³-hybridized carbons (Fsp3) is 0.333. The molecule has 0 aliphatic rings. The van der Waals surface area contributed by atoms with Gasteiger partial charge in [-0.2, -0.15) is 0 Å². The maximum absolute atomic E-state index is 5.22. The van der Waals surface area contributed by atoms with E-state index in [0.29, 0.717) is 0 Å². The molecule has 2 rings (SSSR count). The molecule has 0 saturated heterocycles. The molecule has 0 saturated carbocycles. The van der Waals surface area contributed by atoms with Gasteiger partial charge >= 0.3 is 0 Å². The van der Waals surface area contributed by atoms with Crippen LogP contribution < -0.4 is 4.74 Å². The molecule has 16 heavy (non-hydrogen) atoms. The Bertz CT molecular complexity index is 472. The van der Waals surface area contributed by atoms with Crippen LogP contribution in [0.3, 0.4) is 0 Å². The molecule has 0 aliphatic heterocycles. The number of benzene rings is 2. The zero-order chi connectivity index (χ0) is 12.1. The van der Waals surface area contributed by atoms with Gasteiger partial charge in [0.1, 0.15) is 5.75 Å². The molecular weight excluding hydrogens is 196 g/mol. The van der Waals surface area contributed by atoms with Crippen molar-refractivity contribution in [2.75, 3.05) is 7.11 Å². The van der Waals surface area contributed by atoms with Crippen LogP contribution in [0.2, 0.25) is 0 Å². The van der Waals surface area contributed by atoms with Gasteiger partial charge in [0.15, 0.2) is 0 Å². The van der Waals surface area contributed by atoms with Crippen LogP contribution in [-0.4, -0.2) is 7.11 Å². The van der Waals surface area contributed by atoms with Crippen LogP contribution in [0.5, 0.6) is 5.75 Å². The summed E-state index contributed by atoms with van der Waals surface area (Å²) in [6.45, 7) is 8.28. The normalized spacial score (nSPS) is 9.56. The average molecular weight is 216 g/mol. The highest BCUT2D eigenvalue weighted by molar-refractivity contribution is 5.87. The van der Waals surface area contributed by atoms with Gasteiger partial charge in [0.2, 0.25) is 0 Å². The van der Waals surface area contributed by atoms with E-state index in [0.717, 1.165) is 5.75 Å². The predicted octanol–water partition coefficient (Wildman–Crippen LogP) is 4.49. The Morgan fingerprint density at radius 1 is 0.938 bits per heavy atom. The Balaban J connectivity index is 0.000000606. The highest BCUT2D eigenvalue weighted by Gasteiger charge is 2.01. The minimum atomic E-state index is 0.922. The monoisotopic (exact) mass is 216 g/mol. The second-order valence-corrected chi connectivity index (χ2v) is 3.59. The van der Waals surface area contributed by atoms with Crippen LogP contribution in [0.1, 0.15) is 25.0 Å². The van der Waals surface area contributed by atoms with Crippen molar-refractivity contribution in [2.45, 2.75) is 27.7 Å². The fourth-order valence-electron chi connectivity index (χ4n) is 1.68. The third kappa shape index (κ3) is 2.35. The van der Waals surface area contributed by atoms with Crippen molar-refractivity contribution in [1.29, 1.82) is 0 Å². The van der Waals surface area contributed by atoms with Crippen molar-refractivity contribution >= 4 is 10.8 Å². The molecule has 2 aromatic carbocycles. The second kappa shape index (κ2) is 5.55. The van der Waals surface area contributed by atoms with E-state index in [9.17, 15) is 0 Å². The van der Waals surface area contributed by atoms with E-state index >= 15 is 0 Å². The van der Waals surface area contributed by atoms with E-state index in [2.05, 4.69) is 38.1 Å². The van der Waals surface area contributed by atoms with E-state index in [1.165, 1.54) is 21.9 Å². The highest BCUT2D eigenvalue weighted by atomic mass is 16.5. The van der Waals surface area contributed by atoms with Gasteiger partial charge in [-0.3, -0.25) is 0 Å². The molecule has 0 N–H and O–H groups in total. The van der Waals surface area contributed by atoms with Gasteiger partial charge in [0.05, 0.1) is 7.11 Å². The van der Waals surface area contributed by atoms with Crippen LogP contribution in [-0.2, 0) is 0 Å². The van der Waals surface area contributed by atoms with Crippen molar-refractivity contribution in [1.82, 2.24) is 0 Å². The molecule has 0 radical (unpaired) electrons. The molecule has 86 valence electrons. The highest BCUT2D eigenvalue weighted by Crippen LogP contribution is 2.25. The molecule has 0 amide bonds. The molecule has 1 heteroatoms. The molecule has 2 aromatic rings. The minimum Gasteiger partial charge on any atom is -0.497 e. The SMILES string of the molecule is CC.COc1ccc2ccc(C)c(C)c2c1. The number of fused-ring (bicyclic) bond motifs is 1. The van der Waals surface area contributed by atoms with Crippen LogP contribution in [0.15, 0.2) is 30.3 Å². The molecular formula is C15H20O. The first-order chi connectivity index (χ1) is 7.72. The Morgan fingerprint density at radius 2 is 1.56 bits per heavy atom. The van der Waals surface area contributed by atoms with Gasteiger partial charge in [0.25, 0.3) is 0 Å².